The highest BCUT2D eigenvalue weighted by molar-refractivity contribution is 5.56. The lowest BCUT2D eigenvalue weighted by molar-refractivity contribution is -0.115. The molecular weight excluding hydrogens is 104 g/mol. The van der Waals surface area contributed by atoms with Crippen molar-refractivity contribution in [2.75, 3.05) is 6.61 Å². The van der Waals surface area contributed by atoms with Gasteiger partial charge in [-0.3, -0.25) is 0 Å². The van der Waals surface area contributed by atoms with E-state index >= 15 is 0 Å². The van der Waals surface area contributed by atoms with Crippen LogP contribution < -0.4 is 0 Å². The maximum atomic E-state index is 10.0. The third-order valence-corrected chi connectivity index (χ3v) is 1.38. The van der Waals surface area contributed by atoms with Crippen LogP contribution in [0.2, 0.25) is 0 Å². The van der Waals surface area contributed by atoms with Crippen LogP contribution in [0.5, 0.6) is 0 Å². The lowest BCUT2D eigenvalue weighted by atomic mass is 10.1. The molecule has 0 aromatic rings. The van der Waals surface area contributed by atoms with Gasteiger partial charge in [-0.2, -0.15) is 0 Å². The minimum atomic E-state index is -0.106. The fourth-order valence-corrected chi connectivity index (χ4v) is 0.915. The fraction of sp³-hybridized carbons (Fsp3) is 0.833. The number of carbonyl (C=O) groups excluding carboxylic acids is 1. The molecule has 0 radical (unpaired) electrons. The van der Waals surface area contributed by atoms with E-state index in [1.54, 1.807) is 0 Å². The largest absolute Gasteiger partial charge is 0.370 e. The summed E-state index contributed by atoms with van der Waals surface area (Å²) in [6.07, 6.45) is 1.68. The Morgan fingerprint density at radius 3 is 2.75 bits per heavy atom. The van der Waals surface area contributed by atoms with Gasteiger partial charge >= 0.3 is 0 Å². The van der Waals surface area contributed by atoms with E-state index in [0.717, 1.165) is 19.3 Å². The van der Waals surface area contributed by atoms with Crippen LogP contribution in [0.4, 0.5) is 0 Å². The molecule has 1 aliphatic rings. The van der Waals surface area contributed by atoms with Gasteiger partial charge in [0.1, 0.15) is 12.4 Å². The Morgan fingerprint density at radius 2 is 2.50 bits per heavy atom. The molecule has 2 nitrogen and oxygen atoms in total. The van der Waals surface area contributed by atoms with Crippen LogP contribution in [0, 0.1) is 5.92 Å². The molecule has 2 unspecified atom stereocenters. The van der Waals surface area contributed by atoms with Gasteiger partial charge < -0.3 is 9.53 Å². The van der Waals surface area contributed by atoms with Crippen molar-refractivity contribution in [3.8, 4) is 0 Å². The van der Waals surface area contributed by atoms with Crippen LogP contribution in [0.3, 0.4) is 0 Å². The summed E-state index contributed by atoms with van der Waals surface area (Å²) in [4.78, 5) is 10.0. The number of rotatable bonds is 1. The van der Waals surface area contributed by atoms with Crippen molar-refractivity contribution >= 4 is 6.29 Å². The normalized spacial score (nSPS) is 37.6. The van der Waals surface area contributed by atoms with E-state index in [-0.39, 0.29) is 6.10 Å². The van der Waals surface area contributed by atoms with E-state index in [1.165, 1.54) is 0 Å². The molecule has 0 saturated carbocycles. The molecule has 0 aliphatic carbocycles. The predicted octanol–water partition coefficient (Wildman–Crippen LogP) is 0.610. The molecule has 0 bridgehead atoms. The van der Waals surface area contributed by atoms with Gasteiger partial charge in [0.15, 0.2) is 0 Å². The molecule has 0 N–H and O–H groups in total. The van der Waals surface area contributed by atoms with Crippen molar-refractivity contribution in [1.29, 1.82) is 0 Å². The van der Waals surface area contributed by atoms with Gasteiger partial charge in [0.2, 0.25) is 0 Å². The Hall–Kier alpha value is -0.370. The monoisotopic (exact) mass is 114 g/mol. The quantitative estimate of drug-likeness (QED) is 0.467. The van der Waals surface area contributed by atoms with Gasteiger partial charge in [-0.1, -0.05) is 6.92 Å². The first-order valence-electron chi connectivity index (χ1n) is 2.90. The summed E-state index contributed by atoms with van der Waals surface area (Å²) in [5.74, 6) is 0.574. The Kier molecular flexibility index (Phi) is 1.63. The van der Waals surface area contributed by atoms with Crippen molar-refractivity contribution in [3.63, 3.8) is 0 Å². The summed E-state index contributed by atoms with van der Waals surface area (Å²) in [5, 5.41) is 0. The number of hydrogen-bond donors (Lipinski definition) is 0. The zero-order valence-electron chi connectivity index (χ0n) is 4.96. The van der Waals surface area contributed by atoms with Crippen molar-refractivity contribution in [2.24, 2.45) is 5.92 Å². The maximum absolute atomic E-state index is 10.0. The van der Waals surface area contributed by atoms with Gasteiger partial charge in [-0.25, -0.2) is 0 Å². The third kappa shape index (κ3) is 1.07. The molecule has 0 aromatic carbocycles. The van der Waals surface area contributed by atoms with Crippen LogP contribution >= 0.6 is 0 Å². The van der Waals surface area contributed by atoms with Crippen LogP contribution in [-0.2, 0) is 9.53 Å². The molecule has 1 aliphatic heterocycles. The van der Waals surface area contributed by atoms with Crippen LogP contribution in [-0.4, -0.2) is 19.0 Å². The zero-order chi connectivity index (χ0) is 5.98. The highest BCUT2D eigenvalue weighted by atomic mass is 16.5. The second-order valence-electron chi connectivity index (χ2n) is 2.35. The standard InChI is InChI=1S/C6H10O2/c1-5-2-6(3-7)8-4-5/h3,5-6H,2,4H2,1H3. The average Bonchev–Trinajstić information content (AvgIpc) is 2.14. The Bertz CT molecular complexity index is 90.5. The molecule has 1 heterocycles. The molecule has 0 amide bonds. The molecule has 8 heavy (non-hydrogen) atoms. The number of carbonyl (C=O) groups is 1. The van der Waals surface area contributed by atoms with E-state index < -0.39 is 0 Å². The third-order valence-electron chi connectivity index (χ3n) is 1.38. The van der Waals surface area contributed by atoms with Crippen LogP contribution in [0.25, 0.3) is 0 Å². The lowest BCUT2D eigenvalue weighted by Gasteiger charge is -1.93. The van der Waals surface area contributed by atoms with E-state index in [1.807, 2.05) is 0 Å². The lowest BCUT2D eigenvalue weighted by Crippen LogP contribution is -2.04. The summed E-state index contributed by atoms with van der Waals surface area (Å²) in [6.45, 7) is 2.84. The minimum absolute atomic E-state index is 0.106. The van der Waals surface area contributed by atoms with Gasteiger partial charge in [0, 0.05) is 0 Å². The summed E-state index contributed by atoms with van der Waals surface area (Å²) in [6, 6.07) is 0. The SMILES string of the molecule is CC1COC(C=O)C1. The first-order valence-corrected chi connectivity index (χ1v) is 2.90. The predicted molar refractivity (Wildman–Crippen MR) is 29.6 cm³/mol. The average molecular weight is 114 g/mol. The van der Waals surface area contributed by atoms with Crippen molar-refractivity contribution in [2.45, 2.75) is 19.4 Å². The molecule has 2 heteroatoms. The first kappa shape index (κ1) is 5.76. The summed E-state index contributed by atoms with van der Waals surface area (Å²) < 4.78 is 5.05. The van der Waals surface area contributed by atoms with Crippen LogP contribution in [0.15, 0.2) is 0 Å². The zero-order valence-corrected chi connectivity index (χ0v) is 4.96. The molecule has 1 fully saturated rings. The summed E-state index contributed by atoms with van der Waals surface area (Å²) >= 11 is 0. The molecule has 0 spiro atoms. The minimum Gasteiger partial charge on any atom is -0.370 e. The van der Waals surface area contributed by atoms with E-state index in [9.17, 15) is 4.79 Å². The van der Waals surface area contributed by atoms with E-state index in [2.05, 4.69) is 6.92 Å². The second kappa shape index (κ2) is 2.27. The van der Waals surface area contributed by atoms with Gasteiger partial charge in [-0.15, -0.1) is 0 Å². The van der Waals surface area contributed by atoms with E-state index in [0.29, 0.717) is 5.92 Å². The van der Waals surface area contributed by atoms with Crippen molar-refractivity contribution in [3.05, 3.63) is 0 Å². The van der Waals surface area contributed by atoms with Gasteiger partial charge in [-0.05, 0) is 12.3 Å². The molecule has 2 atom stereocenters. The number of aldehydes is 1. The summed E-state index contributed by atoms with van der Waals surface area (Å²) in [7, 11) is 0. The Labute approximate surface area is 48.8 Å². The smallest absolute Gasteiger partial charge is 0.148 e. The van der Waals surface area contributed by atoms with Gasteiger partial charge in [0.05, 0.1) is 6.61 Å². The Morgan fingerprint density at radius 1 is 1.75 bits per heavy atom. The highest BCUT2D eigenvalue weighted by Crippen LogP contribution is 2.16. The number of hydrogen-bond acceptors (Lipinski definition) is 2. The van der Waals surface area contributed by atoms with Crippen LogP contribution in [0.1, 0.15) is 13.3 Å². The second-order valence-corrected chi connectivity index (χ2v) is 2.35. The summed E-state index contributed by atoms with van der Waals surface area (Å²) in [5.41, 5.74) is 0. The fourth-order valence-electron chi connectivity index (χ4n) is 0.915. The maximum Gasteiger partial charge on any atom is 0.148 e. The molecule has 0 aromatic heterocycles. The molecular formula is C6H10O2. The first-order chi connectivity index (χ1) is 3.83. The van der Waals surface area contributed by atoms with Gasteiger partial charge in [0.25, 0.3) is 0 Å². The molecule has 1 rings (SSSR count). The molecule has 1 saturated heterocycles. The topological polar surface area (TPSA) is 26.3 Å². The van der Waals surface area contributed by atoms with Crippen molar-refractivity contribution < 1.29 is 9.53 Å². The highest BCUT2D eigenvalue weighted by Gasteiger charge is 2.20. The Balaban J connectivity index is 2.32. The van der Waals surface area contributed by atoms with Crippen molar-refractivity contribution in [1.82, 2.24) is 0 Å². The van der Waals surface area contributed by atoms with E-state index in [4.69, 9.17) is 4.74 Å². The number of ether oxygens (including phenoxy) is 1. The molecule has 46 valence electrons.